The SMILES string of the molecule is C[C@@H](Nc1ncnc2c1ncn2[C@@H]1O[C@H](CO)[C@@H](O)[C@H]1NC(=O)C1=CC(O)C(O)C(O)C1)c1ccccc1. The molecule has 0 bridgehead atoms. The molecule has 3 heterocycles. The number of rotatable bonds is 7. The van der Waals surface area contributed by atoms with Gasteiger partial charge in [0.15, 0.2) is 23.2 Å². The molecule has 0 saturated carbocycles. The molecule has 38 heavy (non-hydrogen) atoms. The van der Waals surface area contributed by atoms with Crippen molar-refractivity contribution in [3.05, 3.63) is 60.2 Å². The van der Waals surface area contributed by atoms with E-state index in [1.165, 1.54) is 18.7 Å². The minimum absolute atomic E-state index is 0.0490. The number of ether oxygens (including phenoxy) is 1. The summed E-state index contributed by atoms with van der Waals surface area (Å²) in [5.74, 6) is -0.179. The molecular weight excluding hydrogens is 496 g/mol. The van der Waals surface area contributed by atoms with E-state index in [1.54, 1.807) is 4.57 Å². The predicted molar refractivity (Wildman–Crippen MR) is 133 cm³/mol. The summed E-state index contributed by atoms with van der Waals surface area (Å²) in [6.45, 7) is 1.49. The maximum Gasteiger partial charge on any atom is 0.247 e. The Labute approximate surface area is 217 Å². The van der Waals surface area contributed by atoms with Gasteiger partial charge in [0.2, 0.25) is 5.91 Å². The van der Waals surface area contributed by atoms with Crippen molar-refractivity contribution in [2.45, 2.75) is 62.2 Å². The summed E-state index contributed by atoms with van der Waals surface area (Å²) in [4.78, 5) is 26.1. The van der Waals surface area contributed by atoms with Crippen LogP contribution in [0.2, 0.25) is 0 Å². The number of nitrogens with zero attached hydrogens (tertiary/aromatic N) is 4. The highest BCUT2D eigenvalue weighted by atomic mass is 16.5. The van der Waals surface area contributed by atoms with Crippen molar-refractivity contribution in [1.82, 2.24) is 24.8 Å². The van der Waals surface area contributed by atoms with E-state index in [-0.39, 0.29) is 18.0 Å². The van der Waals surface area contributed by atoms with Crippen molar-refractivity contribution < 1.29 is 35.1 Å². The molecule has 3 unspecified atom stereocenters. The summed E-state index contributed by atoms with van der Waals surface area (Å²) in [6, 6.07) is 8.69. The first kappa shape index (κ1) is 26.2. The minimum Gasteiger partial charge on any atom is -0.394 e. The van der Waals surface area contributed by atoms with Gasteiger partial charge >= 0.3 is 0 Å². The molecule has 202 valence electrons. The van der Waals surface area contributed by atoms with Crippen LogP contribution in [0, 0.1) is 0 Å². The van der Waals surface area contributed by atoms with E-state index in [1.807, 2.05) is 37.3 Å². The molecule has 1 fully saturated rings. The second-order valence-electron chi connectivity index (χ2n) is 9.51. The smallest absolute Gasteiger partial charge is 0.247 e. The summed E-state index contributed by atoms with van der Waals surface area (Å²) >= 11 is 0. The Balaban J connectivity index is 1.42. The number of aliphatic hydroxyl groups is 5. The number of carbonyl (C=O) groups is 1. The van der Waals surface area contributed by atoms with Gasteiger partial charge in [0.05, 0.1) is 25.1 Å². The van der Waals surface area contributed by atoms with E-state index in [0.29, 0.717) is 17.0 Å². The van der Waals surface area contributed by atoms with Gasteiger partial charge < -0.3 is 40.9 Å². The summed E-state index contributed by atoms with van der Waals surface area (Å²) in [6.07, 6.45) is -3.60. The van der Waals surface area contributed by atoms with Gasteiger partial charge in [-0.25, -0.2) is 15.0 Å². The lowest BCUT2D eigenvalue weighted by Gasteiger charge is -2.29. The van der Waals surface area contributed by atoms with Crippen LogP contribution < -0.4 is 10.6 Å². The zero-order valence-corrected chi connectivity index (χ0v) is 20.5. The van der Waals surface area contributed by atoms with Gasteiger partial charge in [-0.3, -0.25) is 9.36 Å². The number of amides is 1. The molecule has 13 heteroatoms. The third kappa shape index (κ3) is 4.87. The van der Waals surface area contributed by atoms with Gasteiger partial charge in [0, 0.05) is 12.0 Å². The zero-order chi connectivity index (χ0) is 27.0. The molecule has 5 rings (SSSR count). The Bertz CT molecular complexity index is 1320. The zero-order valence-electron chi connectivity index (χ0n) is 20.5. The molecule has 1 aliphatic carbocycles. The molecule has 1 aromatic carbocycles. The Morgan fingerprint density at radius 2 is 1.89 bits per heavy atom. The van der Waals surface area contributed by atoms with Gasteiger partial charge in [-0.05, 0) is 18.6 Å². The van der Waals surface area contributed by atoms with E-state index in [0.717, 1.165) is 5.56 Å². The van der Waals surface area contributed by atoms with Crippen LogP contribution in [0.3, 0.4) is 0 Å². The molecule has 3 aromatic rings. The molecule has 1 aliphatic heterocycles. The van der Waals surface area contributed by atoms with Crippen LogP contribution in [-0.4, -0.2) is 94.1 Å². The number of aliphatic hydroxyl groups excluding tert-OH is 5. The highest BCUT2D eigenvalue weighted by Gasteiger charge is 2.46. The third-order valence-corrected chi connectivity index (χ3v) is 6.97. The van der Waals surface area contributed by atoms with Gasteiger partial charge in [0.25, 0.3) is 0 Å². The molecule has 7 N–H and O–H groups in total. The molecule has 1 amide bonds. The van der Waals surface area contributed by atoms with Crippen LogP contribution >= 0.6 is 0 Å². The van der Waals surface area contributed by atoms with Crippen molar-refractivity contribution in [3.63, 3.8) is 0 Å². The number of imidazole rings is 1. The van der Waals surface area contributed by atoms with Crippen LogP contribution in [-0.2, 0) is 9.53 Å². The maximum atomic E-state index is 13.0. The van der Waals surface area contributed by atoms with Crippen molar-refractivity contribution in [2.75, 3.05) is 11.9 Å². The monoisotopic (exact) mass is 526 g/mol. The predicted octanol–water partition coefficient (Wildman–Crippen LogP) is -0.852. The highest BCUT2D eigenvalue weighted by molar-refractivity contribution is 5.94. The number of anilines is 1. The summed E-state index contributed by atoms with van der Waals surface area (Å²) in [5, 5.41) is 56.3. The lowest BCUT2D eigenvalue weighted by molar-refractivity contribution is -0.121. The van der Waals surface area contributed by atoms with E-state index < -0.39 is 55.3 Å². The van der Waals surface area contributed by atoms with Crippen LogP contribution in [0.25, 0.3) is 11.2 Å². The van der Waals surface area contributed by atoms with E-state index >= 15 is 0 Å². The fourth-order valence-electron chi connectivity index (χ4n) is 4.82. The number of hydrogen-bond acceptors (Lipinski definition) is 11. The first-order valence-electron chi connectivity index (χ1n) is 12.3. The average molecular weight is 527 g/mol. The first-order valence-corrected chi connectivity index (χ1v) is 12.3. The van der Waals surface area contributed by atoms with E-state index in [9.17, 15) is 30.3 Å². The normalized spacial score (nSPS) is 30.2. The fourth-order valence-corrected chi connectivity index (χ4v) is 4.82. The number of carbonyl (C=O) groups excluding carboxylic acids is 1. The summed E-state index contributed by atoms with van der Waals surface area (Å²) in [7, 11) is 0. The lowest BCUT2D eigenvalue weighted by Crippen LogP contribution is -2.49. The van der Waals surface area contributed by atoms with Crippen molar-refractivity contribution in [2.24, 2.45) is 0 Å². The third-order valence-electron chi connectivity index (χ3n) is 6.97. The Kier molecular flexibility index (Phi) is 7.38. The number of aromatic nitrogens is 4. The fraction of sp³-hybridized carbons (Fsp3) is 0.440. The Morgan fingerprint density at radius 1 is 1.13 bits per heavy atom. The maximum absolute atomic E-state index is 13.0. The lowest BCUT2D eigenvalue weighted by atomic mass is 9.91. The largest absolute Gasteiger partial charge is 0.394 e. The van der Waals surface area contributed by atoms with E-state index in [4.69, 9.17) is 4.74 Å². The number of nitrogens with one attached hydrogen (secondary N) is 2. The average Bonchev–Trinajstić information content (AvgIpc) is 3.48. The summed E-state index contributed by atoms with van der Waals surface area (Å²) < 4.78 is 7.44. The van der Waals surface area contributed by atoms with Crippen molar-refractivity contribution in [3.8, 4) is 0 Å². The van der Waals surface area contributed by atoms with Gasteiger partial charge in [-0.1, -0.05) is 30.3 Å². The van der Waals surface area contributed by atoms with Gasteiger partial charge in [-0.2, -0.15) is 0 Å². The Morgan fingerprint density at radius 3 is 2.61 bits per heavy atom. The Hall–Kier alpha value is -3.46. The van der Waals surface area contributed by atoms with Crippen LogP contribution in [0.5, 0.6) is 0 Å². The van der Waals surface area contributed by atoms with Gasteiger partial charge in [0.1, 0.15) is 36.8 Å². The number of hydrogen-bond donors (Lipinski definition) is 7. The quantitative estimate of drug-likeness (QED) is 0.203. The number of fused-ring (bicyclic) bond motifs is 1. The van der Waals surface area contributed by atoms with Crippen LogP contribution in [0.4, 0.5) is 5.82 Å². The topological polar surface area (TPSA) is 195 Å². The number of benzene rings is 1. The molecule has 2 aromatic heterocycles. The standard InChI is InChI=1S/C25H30N6O7/c1-12(13-5-3-2-4-6-13)29-22-19-23(27-10-26-22)31(11-28-19)25-18(21(36)17(9-32)38-25)30-24(37)14-7-15(33)20(35)16(34)8-14/h2-7,10-12,15-18,20-21,25,32-36H,8-9H2,1H3,(H,30,37)(H,26,27,29)/t12-,15?,16?,17-,18-,20?,21-,25-/m1/s1. The van der Waals surface area contributed by atoms with E-state index in [2.05, 4.69) is 25.6 Å². The molecular formula is C25H30N6O7. The molecule has 0 spiro atoms. The van der Waals surface area contributed by atoms with Crippen LogP contribution in [0.15, 0.2) is 54.6 Å². The van der Waals surface area contributed by atoms with Crippen molar-refractivity contribution in [1.29, 1.82) is 0 Å². The molecule has 1 saturated heterocycles. The van der Waals surface area contributed by atoms with Crippen molar-refractivity contribution >= 4 is 22.9 Å². The molecule has 0 radical (unpaired) electrons. The molecule has 8 atom stereocenters. The molecule has 13 nitrogen and oxygen atoms in total. The minimum atomic E-state index is -1.41. The first-order chi connectivity index (χ1) is 18.3. The second-order valence-corrected chi connectivity index (χ2v) is 9.51. The molecule has 2 aliphatic rings. The van der Waals surface area contributed by atoms with Crippen LogP contribution in [0.1, 0.15) is 31.2 Å². The summed E-state index contributed by atoms with van der Waals surface area (Å²) in [5.41, 5.74) is 1.92. The highest BCUT2D eigenvalue weighted by Crippen LogP contribution is 2.33. The van der Waals surface area contributed by atoms with Gasteiger partial charge in [-0.15, -0.1) is 0 Å². The second kappa shape index (κ2) is 10.7.